The fourth-order valence-corrected chi connectivity index (χ4v) is 2.39. The number of primary amides is 1. The lowest BCUT2D eigenvalue weighted by atomic mass is 10.0. The highest BCUT2D eigenvalue weighted by Crippen LogP contribution is 2.30. The molecular formula is C16H11ClN2O. The maximum atomic E-state index is 11.7. The van der Waals surface area contributed by atoms with Crippen LogP contribution in [0.2, 0.25) is 5.02 Å². The van der Waals surface area contributed by atoms with Gasteiger partial charge in [0.25, 0.3) is 5.91 Å². The standard InChI is InChI=1S/C16H11ClN2O/c17-13-7-3-2-6-11(13)15-12(16(18)20)9-10-5-1-4-8-14(10)19-15/h1-9H,(H2,18,20). The van der Waals surface area contributed by atoms with Crippen LogP contribution in [0, 0.1) is 0 Å². The Morgan fingerprint density at radius 2 is 1.75 bits per heavy atom. The number of amides is 1. The molecule has 0 aliphatic rings. The van der Waals surface area contributed by atoms with Crippen molar-refractivity contribution >= 4 is 28.4 Å². The number of aromatic nitrogens is 1. The van der Waals surface area contributed by atoms with Crippen molar-refractivity contribution < 1.29 is 4.79 Å². The maximum Gasteiger partial charge on any atom is 0.250 e. The smallest absolute Gasteiger partial charge is 0.250 e. The van der Waals surface area contributed by atoms with E-state index in [4.69, 9.17) is 17.3 Å². The molecule has 3 nitrogen and oxygen atoms in total. The minimum Gasteiger partial charge on any atom is -0.366 e. The number of nitrogens with zero attached hydrogens (tertiary/aromatic N) is 1. The van der Waals surface area contributed by atoms with E-state index in [9.17, 15) is 4.79 Å². The van der Waals surface area contributed by atoms with Crippen molar-refractivity contribution in [2.75, 3.05) is 0 Å². The number of carbonyl (C=O) groups excluding carboxylic acids is 1. The molecule has 0 aliphatic carbocycles. The summed E-state index contributed by atoms with van der Waals surface area (Å²) in [6, 6.07) is 16.6. The summed E-state index contributed by atoms with van der Waals surface area (Å²) >= 11 is 6.19. The monoisotopic (exact) mass is 282 g/mol. The van der Waals surface area contributed by atoms with Crippen LogP contribution in [0.1, 0.15) is 10.4 Å². The van der Waals surface area contributed by atoms with E-state index >= 15 is 0 Å². The molecule has 0 spiro atoms. The zero-order valence-electron chi connectivity index (χ0n) is 10.5. The van der Waals surface area contributed by atoms with E-state index in [2.05, 4.69) is 4.98 Å². The third-order valence-corrected chi connectivity index (χ3v) is 3.45. The number of para-hydroxylation sites is 1. The zero-order valence-corrected chi connectivity index (χ0v) is 11.3. The Balaban J connectivity index is 2.36. The molecule has 98 valence electrons. The van der Waals surface area contributed by atoms with Gasteiger partial charge in [-0.2, -0.15) is 0 Å². The van der Waals surface area contributed by atoms with Crippen molar-refractivity contribution in [3.8, 4) is 11.3 Å². The van der Waals surface area contributed by atoms with Gasteiger partial charge in [-0.1, -0.05) is 48.0 Å². The lowest BCUT2D eigenvalue weighted by molar-refractivity contribution is 0.100. The molecule has 2 N–H and O–H groups in total. The summed E-state index contributed by atoms with van der Waals surface area (Å²) in [6.07, 6.45) is 0. The van der Waals surface area contributed by atoms with Gasteiger partial charge in [-0.25, -0.2) is 4.98 Å². The minimum atomic E-state index is -0.516. The molecule has 0 saturated heterocycles. The first-order valence-electron chi connectivity index (χ1n) is 6.11. The number of hydrogen-bond donors (Lipinski definition) is 1. The average Bonchev–Trinajstić information content (AvgIpc) is 2.46. The summed E-state index contributed by atoms with van der Waals surface area (Å²) in [7, 11) is 0. The molecule has 0 aliphatic heterocycles. The summed E-state index contributed by atoms with van der Waals surface area (Å²) in [5, 5.41) is 1.41. The van der Waals surface area contributed by atoms with E-state index in [0.717, 1.165) is 10.9 Å². The predicted molar refractivity (Wildman–Crippen MR) is 80.7 cm³/mol. The summed E-state index contributed by atoms with van der Waals surface area (Å²) in [6.45, 7) is 0. The van der Waals surface area contributed by atoms with Crippen molar-refractivity contribution in [1.82, 2.24) is 4.98 Å². The topological polar surface area (TPSA) is 56.0 Å². The van der Waals surface area contributed by atoms with E-state index in [-0.39, 0.29) is 0 Å². The highest BCUT2D eigenvalue weighted by Gasteiger charge is 2.15. The quantitative estimate of drug-likeness (QED) is 0.780. The molecule has 0 fully saturated rings. The Labute approximate surface area is 121 Å². The van der Waals surface area contributed by atoms with Gasteiger partial charge in [0.05, 0.1) is 16.8 Å². The maximum absolute atomic E-state index is 11.7. The van der Waals surface area contributed by atoms with Gasteiger partial charge in [0.2, 0.25) is 0 Å². The summed E-state index contributed by atoms with van der Waals surface area (Å²) in [5.74, 6) is -0.516. The second kappa shape index (κ2) is 4.94. The molecule has 1 amide bonds. The Morgan fingerprint density at radius 1 is 1.05 bits per heavy atom. The van der Waals surface area contributed by atoms with Gasteiger partial charge < -0.3 is 5.73 Å². The second-order valence-electron chi connectivity index (χ2n) is 4.42. The third-order valence-electron chi connectivity index (χ3n) is 3.12. The van der Waals surface area contributed by atoms with Crippen molar-refractivity contribution in [2.45, 2.75) is 0 Å². The molecule has 0 radical (unpaired) electrons. The Hall–Kier alpha value is -2.39. The summed E-state index contributed by atoms with van der Waals surface area (Å²) < 4.78 is 0. The SMILES string of the molecule is NC(=O)c1cc2ccccc2nc1-c1ccccc1Cl. The van der Waals surface area contributed by atoms with E-state index in [0.29, 0.717) is 21.8 Å². The molecule has 3 rings (SSSR count). The number of pyridine rings is 1. The Bertz CT molecular complexity index is 814. The second-order valence-corrected chi connectivity index (χ2v) is 4.83. The highest BCUT2D eigenvalue weighted by molar-refractivity contribution is 6.33. The number of nitrogens with two attached hydrogens (primary N) is 1. The summed E-state index contributed by atoms with van der Waals surface area (Å²) in [4.78, 5) is 16.2. The first-order chi connectivity index (χ1) is 9.66. The molecule has 0 unspecified atom stereocenters. The van der Waals surface area contributed by atoms with Gasteiger partial charge in [0.15, 0.2) is 0 Å². The van der Waals surface area contributed by atoms with Crippen LogP contribution in [0.3, 0.4) is 0 Å². The van der Waals surface area contributed by atoms with Crippen LogP contribution in [0.15, 0.2) is 54.6 Å². The Morgan fingerprint density at radius 3 is 2.50 bits per heavy atom. The van der Waals surface area contributed by atoms with Crippen LogP contribution in [0.4, 0.5) is 0 Å². The number of fused-ring (bicyclic) bond motifs is 1. The van der Waals surface area contributed by atoms with Gasteiger partial charge in [0, 0.05) is 16.0 Å². The minimum absolute atomic E-state index is 0.372. The number of benzene rings is 2. The molecule has 1 heterocycles. The third kappa shape index (κ3) is 2.12. The molecule has 2 aromatic carbocycles. The van der Waals surface area contributed by atoms with Crippen LogP contribution in [-0.4, -0.2) is 10.9 Å². The van der Waals surface area contributed by atoms with Crippen molar-refractivity contribution in [3.05, 3.63) is 65.2 Å². The first kappa shape index (κ1) is 12.6. The van der Waals surface area contributed by atoms with Crippen LogP contribution in [0.5, 0.6) is 0 Å². The molecule has 3 aromatic rings. The molecule has 0 bridgehead atoms. The number of carbonyl (C=O) groups is 1. The number of rotatable bonds is 2. The van der Waals surface area contributed by atoms with E-state index in [1.807, 2.05) is 42.5 Å². The number of hydrogen-bond acceptors (Lipinski definition) is 2. The fraction of sp³-hybridized carbons (Fsp3) is 0. The van der Waals surface area contributed by atoms with Gasteiger partial charge >= 0.3 is 0 Å². The molecule has 0 atom stereocenters. The van der Waals surface area contributed by atoms with Crippen LogP contribution >= 0.6 is 11.6 Å². The normalized spacial score (nSPS) is 10.7. The van der Waals surface area contributed by atoms with Crippen molar-refractivity contribution in [2.24, 2.45) is 5.73 Å². The van der Waals surface area contributed by atoms with E-state index < -0.39 is 5.91 Å². The summed E-state index contributed by atoms with van der Waals surface area (Å²) in [5.41, 5.74) is 7.86. The molecule has 0 saturated carbocycles. The van der Waals surface area contributed by atoms with Crippen LogP contribution < -0.4 is 5.73 Å². The van der Waals surface area contributed by atoms with Gasteiger partial charge in [-0.15, -0.1) is 0 Å². The average molecular weight is 283 g/mol. The van der Waals surface area contributed by atoms with Gasteiger partial charge in [0.1, 0.15) is 0 Å². The van der Waals surface area contributed by atoms with Crippen molar-refractivity contribution in [3.63, 3.8) is 0 Å². The fourth-order valence-electron chi connectivity index (χ4n) is 2.16. The zero-order chi connectivity index (χ0) is 14.1. The van der Waals surface area contributed by atoms with Crippen LogP contribution in [0.25, 0.3) is 22.2 Å². The molecular weight excluding hydrogens is 272 g/mol. The van der Waals surface area contributed by atoms with Gasteiger partial charge in [-0.05, 0) is 18.2 Å². The van der Waals surface area contributed by atoms with Gasteiger partial charge in [-0.3, -0.25) is 4.79 Å². The van der Waals surface area contributed by atoms with E-state index in [1.54, 1.807) is 12.1 Å². The predicted octanol–water partition coefficient (Wildman–Crippen LogP) is 3.65. The number of halogens is 1. The highest BCUT2D eigenvalue weighted by atomic mass is 35.5. The lowest BCUT2D eigenvalue weighted by Crippen LogP contribution is -2.13. The largest absolute Gasteiger partial charge is 0.366 e. The molecule has 4 heteroatoms. The lowest BCUT2D eigenvalue weighted by Gasteiger charge is -2.09. The first-order valence-corrected chi connectivity index (χ1v) is 6.49. The Kier molecular flexibility index (Phi) is 3.12. The van der Waals surface area contributed by atoms with Crippen molar-refractivity contribution in [1.29, 1.82) is 0 Å². The van der Waals surface area contributed by atoms with Crippen LogP contribution in [-0.2, 0) is 0 Å². The molecule has 20 heavy (non-hydrogen) atoms. The molecule has 1 aromatic heterocycles. The van der Waals surface area contributed by atoms with E-state index in [1.165, 1.54) is 0 Å².